The molecule has 2 amide bonds. The Morgan fingerprint density at radius 1 is 1.21 bits per heavy atom. The van der Waals surface area contributed by atoms with Crippen LogP contribution in [0.3, 0.4) is 0 Å². The molecular weight excluding hydrogens is 444 g/mol. The van der Waals surface area contributed by atoms with Crippen LogP contribution in [-0.4, -0.2) is 43.0 Å². The fourth-order valence-corrected chi connectivity index (χ4v) is 3.28. The molecule has 3 aromatic rings. The molecule has 0 unspecified atom stereocenters. The van der Waals surface area contributed by atoms with E-state index in [-0.39, 0.29) is 17.8 Å². The zero-order valence-corrected chi connectivity index (χ0v) is 19.1. The van der Waals surface area contributed by atoms with E-state index in [0.717, 1.165) is 0 Å². The van der Waals surface area contributed by atoms with Crippen molar-refractivity contribution in [3.63, 3.8) is 0 Å². The smallest absolute Gasteiger partial charge is 0.253 e. The quantitative estimate of drug-likeness (QED) is 0.428. The van der Waals surface area contributed by atoms with Crippen LogP contribution >= 0.6 is 11.6 Å². The Bertz CT molecular complexity index is 1200. The Kier molecular flexibility index (Phi) is 7.47. The maximum atomic E-state index is 12.3. The Balaban J connectivity index is 1.96. The largest absolute Gasteiger partial charge is 0.495 e. The summed E-state index contributed by atoms with van der Waals surface area (Å²) < 4.78 is 5.40. The summed E-state index contributed by atoms with van der Waals surface area (Å²) in [6, 6.07) is 12.2. The molecule has 0 bridgehead atoms. The maximum absolute atomic E-state index is 12.3. The lowest BCUT2D eigenvalue weighted by molar-refractivity contribution is -0.111. The average molecular weight is 467 g/mol. The van der Waals surface area contributed by atoms with Gasteiger partial charge in [-0.1, -0.05) is 30.3 Å². The van der Waals surface area contributed by atoms with Crippen molar-refractivity contribution in [3.05, 3.63) is 71.9 Å². The van der Waals surface area contributed by atoms with Crippen molar-refractivity contribution in [3.8, 4) is 5.75 Å². The highest BCUT2D eigenvalue weighted by molar-refractivity contribution is 6.33. The number of carbonyl (C=O) groups is 2. The highest BCUT2D eigenvalue weighted by Crippen LogP contribution is 2.34. The second-order valence-electron chi connectivity index (χ2n) is 6.75. The van der Waals surface area contributed by atoms with Crippen LogP contribution in [0.1, 0.15) is 10.4 Å². The highest BCUT2D eigenvalue weighted by Gasteiger charge is 2.18. The lowest BCUT2D eigenvalue weighted by Gasteiger charge is -2.22. The molecule has 33 heavy (non-hydrogen) atoms. The second-order valence-corrected chi connectivity index (χ2v) is 7.16. The lowest BCUT2D eigenvalue weighted by atomic mass is 10.1. The minimum Gasteiger partial charge on any atom is -0.495 e. The van der Waals surface area contributed by atoms with Gasteiger partial charge in [-0.25, -0.2) is 4.98 Å². The van der Waals surface area contributed by atoms with Crippen LogP contribution < -0.4 is 25.6 Å². The van der Waals surface area contributed by atoms with E-state index in [2.05, 4.69) is 32.5 Å². The standard InChI is InChI=1S/C23H23ClN6O3/c1-5-20(31)27-14-10-11-19(33-4)17(12-14)28-23-26-13-16(24)21(29-23)30(3)18-9-7-6-8-15(18)22(32)25-2/h5-13H,1H2,2-4H3,(H,25,32)(H,27,31)(H,26,28,29). The molecule has 1 aromatic heterocycles. The Morgan fingerprint density at radius 2 is 1.97 bits per heavy atom. The van der Waals surface area contributed by atoms with E-state index in [1.54, 1.807) is 55.4 Å². The molecule has 0 atom stereocenters. The van der Waals surface area contributed by atoms with Gasteiger partial charge in [0, 0.05) is 19.8 Å². The van der Waals surface area contributed by atoms with Crippen molar-refractivity contribution in [2.24, 2.45) is 0 Å². The molecule has 0 fully saturated rings. The number of halogens is 1. The number of carbonyl (C=O) groups excluding carboxylic acids is 2. The number of nitrogens with zero attached hydrogens (tertiary/aromatic N) is 3. The fourth-order valence-electron chi connectivity index (χ4n) is 3.06. The summed E-state index contributed by atoms with van der Waals surface area (Å²) in [6.45, 7) is 3.45. The van der Waals surface area contributed by atoms with Crippen LogP contribution in [0, 0.1) is 0 Å². The first kappa shape index (κ1) is 23.6. The molecule has 0 aliphatic carbocycles. The summed E-state index contributed by atoms with van der Waals surface area (Å²) in [5.74, 6) is 0.575. The highest BCUT2D eigenvalue weighted by atomic mass is 35.5. The number of hydrogen-bond donors (Lipinski definition) is 3. The zero-order chi connectivity index (χ0) is 24.0. The summed E-state index contributed by atoms with van der Waals surface area (Å²) >= 11 is 6.39. The van der Waals surface area contributed by atoms with Crippen molar-refractivity contribution in [2.75, 3.05) is 36.7 Å². The fraction of sp³-hybridized carbons (Fsp3) is 0.130. The van der Waals surface area contributed by atoms with Gasteiger partial charge in [-0.05, 0) is 36.4 Å². The predicted molar refractivity (Wildman–Crippen MR) is 130 cm³/mol. The Labute approximate surface area is 196 Å². The molecule has 2 aromatic carbocycles. The van der Waals surface area contributed by atoms with E-state index in [1.807, 2.05) is 6.07 Å². The molecule has 0 aliphatic rings. The SMILES string of the molecule is C=CC(=O)Nc1ccc(OC)c(Nc2ncc(Cl)c(N(C)c3ccccc3C(=O)NC)n2)c1. The van der Waals surface area contributed by atoms with Gasteiger partial charge < -0.3 is 25.6 Å². The van der Waals surface area contributed by atoms with Crippen LogP contribution in [0.2, 0.25) is 5.02 Å². The summed E-state index contributed by atoms with van der Waals surface area (Å²) in [7, 11) is 4.85. The summed E-state index contributed by atoms with van der Waals surface area (Å²) in [5.41, 5.74) is 2.16. The molecule has 10 heteroatoms. The molecule has 0 saturated heterocycles. The monoisotopic (exact) mass is 466 g/mol. The third-order valence-electron chi connectivity index (χ3n) is 4.68. The molecule has 0 saturated carbocycles. The normalized spacial score (nSPS) is 10.2. The number of anilines is 5. The lowest BCUT2D eigenvalue weighted by Crippen LogP contribution is -2.22. The number of amides is 2. The van der Waals surface area contributed by atoms with Gasteiger partial charge in [-0.2, -0.15) is 4.98 Å². The number of benzene rings is 2. The van der Waals surface area contributed by atoms with Crippen LogP contribution in [-0.2, 0) is 4.79 Å². The number of methoxy groups -OCH3 is 1. The van der Waals surface area contributed by atoms with E-state index >= 15 is 0 Å². The number of ether oxygens (including phenoxy) is 1. The second kappa shape index (κ2) is 10.5. The third kappa shape index (κ3) is 5.39. The van der Waals surface area contributed by atoms with E-state index in [0.29, 0.717) is 39.2 Å². The topological polar surface area (TPSA) is 108 Å². The van der Waals surface area contributed by atoms with Crippen molar-refractivity contribution in [2.45, 2.75) is 0 Å². The molecule has 9 nitrogen and oxygen atoms in total. The minimum atomic E-state index is -0.340. The number of nitrogens with one attached hydrogen (secondary N) is 3. The molecule has 1 heterocycles. The molecule has 0 spiro atoms. The van der Waals surface area contributed by atoms with Gasteiger partial charge in [0.15, 0.2) is 5.82 Å². The summed E-state index contributed by atoms with van der Waals surface area (Å²) in [6.07, 6.45) is 2.64. The van der Waals surface area contributed by atoms with E-state index in [4.69, 9.17) is 16.3 Å². The van der Waals surface area contributed by atoms with Crippen molar-refractivity contribution in [1.82, 2.24) is 15.3 Å². The predicted octanol–water partition coefficient (Wildman–Crippen LogP) is 4.13. The van der Waals surface area contributed by atoms with Crippen molar-refractivity contribution in [1.29, 1.82) is 0 Å². The average Bonchev–Trinajstić information content (AvgIpc) is 2.84. The van der Waals surface area contributed by atoms with Crippen molar-refractivity contribution >= 4 is 52.2 Å². The van der Waals surface area contributed by atoms with Crippen molar-refractivity contribution < 1.29 is 14.3 Å². The molecule has 3 rings (SSSR count). The maximum Gasteiger partial charge on any atom is 0.253 e. The Hall–Kier alpha value is -4.11. The number of hydrogen-bond acceptors (Lipinski definition) is 7. The zero-order valence-electron chi connectivity index (χ0n) is 18.3. The van der Waals surface area contributed by atoms with Crippen LogP contribution in [0.4, 0.5) is 28.8 Å². The first-order chi connectivity index (χ1) is 15.9. The molecule has 3 N–H and O–H groups in total. The summed E-state index contributed by atoms with van der Waals surface area (Å²) in [4.78, 5) is 34.4. The van der Waals surface area contributed by atoms with Gasteiger partial charge in [0.1, 0.15) is 10.8 Å². The van der Waals surface area contributed by atoms with Gasteiger partial charge in [-0.15, -0.1) is 0 Å². The number of para-hydroxylation sites is 1. The van der Waals surface area contributed by atoms with Gasteiger partial charge in [-0.3, -0.25) is 9.59 Å². The van der Waals surface area contributed by atoms with Crippen LogP contribution in [0.5, 0.6) is 5.75 Å². The number of aromatic nitrogens is 2. The minimum absolute atomic E-state index is 0.232. The molecule has 0 radical (unpaired) electrons. The van der Waals surface area contributed by atoms with E-state index in [1.165, 1.54) is 19.4 Å². The number of rotatable bonds is 8. The van der Waals surface area contributed by atoms with E-state index < -0.39 is 0 Å². The van der Waals surface area contributed by atoms with Gasteiger partial charge in [0.05, 0.1) is 30.2 Å². The molecule has 0 aliphatic heterocycles. The van der Waals surface area contributed by atoms with Gasteiger partial charge in [0.25, 0.3) is 5.91 Å². The summed E-state index contributed by atoms with van der Waals surface area (Å²) in [5, 5.41) is 8.71. The first-order valence-electron chi connectivity index (χ1n) is 9.83. The van der Waals surface area contributed by atoms with E-state index in [9.17, 15) is 9.59 Å². The molecular formula is C23H23ClN6O3. The van der Waals surface area contributed by atoms with Crippen LogP contribution in [0.15, 0.2) is 61.3 Å². The van der Waals surface area contributed by atoms with Gasteiger partial charge >= 0.3 is 0 Å². The van der Waals surface area contributed by atoms with Crippen LogP contribution in [0.25, 0.3) is 0 Å². The molecule has 170 valence electrons. The van der Waals surface area contributed by atoms with Gasteiger partial charge in [0.2, 0.25) is 11.9 Å². The first-order valence-corrected chi connectivity index (χ1v) is 10.2. The Morgan fingerprint density at radius 3 is 2.67 bits per heavy atom. The third-order valence-corrected chi connectivity index (χ3v) is 4.95.